The normalized spacial score (nSPS) is 18.4. The maximum absolute atomic E-state index is 13.2. The lowest BCUT2D eigenvalue weighted by Gasteiger charge is -2.43. The summed E-state index contributed by atoms with van der Waals surface area (Å²) in [4.78, 5) is 68.3. The third-order valence-electron chi connectivity index (χ3n) is 12.9. The Morgan fingerprint density at radius 3 is 2.47 bits per heavy atom. The molecule has 0 saturated carbocycles. The van der Waals surface area contributed by atoms with E-state index in [1.54, 1.807) is 38.8 Å². The van der Waals surface area contributed by atoms with Crippen molar-refractivity contribution in [3.8, 4) is 17.6 Å². The second-order valence-corrected chi connectivity index (χ2v) is 21.0. The number of nitrogens with zero attached hydrogens (tertiary/aromatic N) is 6. The molecule has 1 N–H and O–H groups in total. The molecule has 0 spiro atoms. The van der Waals surface area contributed by atoms with E-state index in [0.29, 0.717) is 66.7 Å². The first-order valence-electron chi connectivity index (χ1n) is 22.2. The van der Waals surface area contributed by atoms with E-state index in [9.17, 15) is 23.7 Å². The van der Waals surface area contributed by atoms with Crippen LogP contribution in [0.4, 0.5) is 5.69 Å². The molecule has 4 aromatic rings. The zero-order chi connectivity index (χ0) is 45.0. The van der Waals surface area contributed by atoms with Crippen LogP contribution >= 0.6 is 18.7 Å². The Morgan fingerprint density at radius 1 is 0.938 bits per heavy atom. The van der Waals surface area contributed by atoms with E-state index in [2.05, 4.69) is 50.1 Å². The summed E-state index contributed by atoms with van der Waals surface area (Å²) in [5.74, 6) is 7.04. The van der Waals surface area contributed by atoms with E-state index in [1.807, 2.05) is 35.2 Å². The van der Waals surface area contributed by atoms with Gasteiger partial charge in [0.2, 0.25) is 17.7 Å². The van der Waals surface area contributed by atoms with Crippen molar-refractivity contribution < 1.29 is 28.5 Å². The molecule has 1 unspecified atom stereocenters. The highest BCUT2D eigenvalue weighted by Crippen LogP contribution is 2.37. The molecule has 8 rings (SSSR count). The first-order valence-corrected chi connectivity index (χ1v) is 25.2. The molecule has 3 saturated heterocycles. The summed E-state index contributed by atoms with van der Waals surface area (Å²) in [6.45, 7) is 8.89. The Bertz CT molecular complexity index is 2550. The number of piperidine rings is 2. The smallest absolute Gasteiger partial charge is 0.255 e. The Morgan fingerprint density at radius 2 is 1.72 bits per heavy atom. The number of fused-ring (bicyclic) bond motifs is 1. The van der Waals surface area contributed by atoms with Crippen LogP contribution in [-0.2, 0) is 38.3 Å². The number of unbranched alkanes of at least 4 members (excludes halogenated alkanes) is 1. The van der Waals surface area contributed by atoms with E-state index in [1.165, 1.54) is 4.90 Å². The van der Waals surface area contributed by atoms with Crippen molar-refractivity contribution in [2.24, 2.45) is 0 Å². The number of imide groups is 1. The maximum Gasteiger partial charge on any atom is 0.255 e. The quantitative estimate of drug-likeness (QED) is 0.0819. The van der Waals surface area contributed by atoms with Crippen LogP contribution in [0.2, 0.25) is 5.02 Å². The number of ether oxygens (including phenoxy) is 1. The molecule has 15 heteroatoms. The molecular weight excluding hydrogens is 849 g/mol. The summed E-state index contributed by atoms with van der Waals surface area (Å²) >= 11 is 6.57. The molecule has 0 aliphatic carbocycles. The van der Waals surface area contributed by atoms with Gasteiger partial charge in [-0.15, -0.1) is 0 Å². The zero-order valence-corrected chi connectivity index (χ0v) is 38.4. The summed E-state index contributed by atoms with van der Waals surface area (Å²) in [5.41, 5.74) is 5.86. The number of benzene rings is 3. The highest BCUT2D eigenvalue weighted by atomic mass is 35.5. The number of piperazine rings is 1. The second-order valence-electron chi connectivity index (χ2n) is 17.4. The number of carbonyl (C=O) groups is 4. The van der Waals surface area contributed by atoms with E-state index in [-0.39, 0.29) is 30.7 Å². The molecule has 3 aromatic carbocycles. The van der Waals surface area contributed by atoms with Gasteiger partial charge in [-0.3, -0.25) is 29.4 Å². The largest absolute Gasteiger partial charge is 0.496 e. The zero-order valence-electron chi connectivity index (χ0n) is 36.8. The molecule has 0 radical (unpaired) electrons. The van der Waals surface area contributed by atoms with Crippen molar-refractivity contribution in [2.45, 2.75) is 76.4 Å². The molecule has 64 heavy (non-hydrogen) atoms. The van der Waals surface area contributed by atoms with Gasteiger partial charge in [0.15, 0.2) is 0 Å². The number of methoxy groups -OCH3 is 1. The highest BCUT2D eigenvalue weighted by molar-refractivity contribution is 7.70. The van der Waals surface area contributed by atoms with Crippen LogP contribution in [-0.4, -0.2) is 120 Å². The number of carbonyl (C=O) groups excluding carboxylic acids is 4. The van der Waals surface area contributed by atoms with E-state index >= 15 is 0 Å². The monoisotopic (exact) mass is 903 g/mol. The SMILES string of the molecule is COc1cc(N2CCC(N3CCN(C(=O)CCCC#Cc4cccc5c4CN(C4CCC(=O)NC4=O)C5=O)CC3)CC2)ccc1Cc1ncc(Cl)c(Cc2ccccc2P(C)(C)=O)n1. The Hall–Kier alpha value is -5.54. The van der Waals surface area contributed by atoms with Gasteiger partial charge in [-0.2, -0.15) is 0 Å². The topological polar surface area (TPSA) is 145 Å². The second kappa shape index (κ2) is 19.7. The Balaban J connectivity index is 0.778. The number of anilines is 1. The van der Waals surface area contributed by atoms with Crippen molar-refractivity contribution in [2.75, 3.05) is 64.6 Å². The lowest BCUT2D eigenvalue weighted by Crippen LogP contribution is -2.54. The molecule has 5 heterocycles. The van der Waals surface area contributed by atoms with Gasteiger partial charge in [-0.25, -0.2) is 9.97 Å². The van der Waals surface area contributed by atoms with Crippen LogP contribution in [0.3, 0.4) is 0 Å². The van der Waals surface area contributed by atoms with Gasteiger partial charge in [0.25, 0.3) is 5.91 Å². The number of hydrogen-bond donors (Lipinski definition) is 1. The number of hydrogen-bond acceptors (Lipinski definition) is 10. The summed E-state index contributed by atoms with van der Waals surface area (Å²) in [7, 11) is -0.790. The molecule has 4 amide bonds. The molecule has 1 atom stereocenters. The van der Waals surface area contributed by atoms with Crippen LogP contribution in [0.1, 0.15) is 89.1 Å². The van der Waals surface area contributed by atoms with Gasteiger partial charge >= 0.3 is 0 Å². The van der Waals surface area contributed by atoms with Gasteiger partial charge in [-0.1, -0.05) is 59.8 Å². The average Bonchev–Trinajstić information content (AvgIpc) is 3.63. The lowest BCUT2D eigenvalue weighted by atomic mass is 10.0. The molecule has 334 valence electrons. The van der Waals surface area contributed by atoms with Crippen LogP contribution in [0.25, 0.3) is 0 Å². The Kier molecular flexibility index (Phi) is 13.9. The Labute approximate surface area is 380 Å². The molecule has 0 bridgehead atoms. The van der Waals surface area contributed by atoms with Gasteiger partial charge < -0.3 is 24.0 Å². The molecule has 13 nitrogen and oxygen atoms in total. The highest BCUT2D eigenvalue weighted by Gasteiger charge is 2.40. The number of rotatable bonds is 12. The fraction of sp³-hybridized carbons (Fsp3) is 0.429. The van der Waals surface area contributed by atoms with E-state index < -0.39 is 19.1 Å². The van der Waals surface area contributed by atoms with Crippen LogP contribution < -0.4 is 20.3 Å². The minimum absolute atomic E-state index is 0.162. The van der Waals surface area contributed by atoms with E-state index in [0.717, 1.165) is 91.1 Å². The maximum atomic E-state index is 13.2. The van der Waals surface area contributed by atoms with Gasteiger partial charge in [0.05, 0.1) is 17.8 Å². The third-order valence-corrected chi connectivity index (χ3v) is 14.8. The van der Waals surface area contributed by atoms with Crippen molar-refractivity contribution in [3.63, 3.8) is 0 Å². The summed E-state index contributed by atoms with van der Waals surface area (Å²) in [6.07, 6.45) is 6.86. The van der Waals surface area contributed by atoms with Crippen molar-refractivity contribution >= 4 is 53.4 Å². The molecule has 4 aliphatic heterocycles. The predicted octanol–water partition coefficient (Wildman–Crippen LogP) is 5.66. The first-order chi connectivity index (χ1) is 30.9. The lowest BCUT2D eigenvalue weighted by molar-refractivity contribution is -0.137. The number of halogens is 1. The minimum atomic E-state index is -2.48. The summed E-state index contributed by atoms with van der Waals surface area (Å²) in [6, 6.07) is 19.4. The van der Waals surface area contributed by atoms with Crippen molar-refractivity contribution in [1.29, 1.82) is 0 Å². The van der Waals surface area contributed by atoms with Gasteiger partial charge in [0.1, 0.15) is 24.8 Å². The fourth-order valence-corrected chi connectivity index (χ4v) is 10.9. The summed E-state index contributed by atoms with van der Waals surface area (Å²) < 4.78 is 18.8. The molecule has 4 aliphatic rings. The minimum Gasteiger partial charge on any atom is -0.496 e. The molecular formula is C49H55ClN7O6P. The van der Waals surface area contributed by atoms with Crippen LogP contribution in [0.5, 0.6) is 5.75 Å². The fourth-order valence-electron chi connectivity index (χ4n) is 9.44. The van der Waals surface area contributed by atoms with Gasteiger partial charge in [-0.05, 0) is 68.3 Å². The standard InChI is InChI=1S/C49H55ClN7O6P/c1-63-43-30-37(17-16-34(43)29-45-51-31-40(50)41(52-45)28-35-11-7-8-14-44(35)64(2,3)62)54-22-20-36(21-23-54)55-24-26-56(27-25-55)47(59)15-6-4-5-10-33-12-9-13-38-39(33)32-57(49(38)61)42-18-19-46(58)53-48(42)60/h7-9,11-14,16-17,30-31,36,42H,4,6,15,18-29,32H2,1-3H3,(H,53,58,60). The predicted molar refractivity (Wildman–Crippen MR) is 248 cm³/mol. The third kappa shape index (κ3) is 10.2. The molecule has 1 aromatic heterocycles. The number of aromatic nitrogens is 2. The molecule has 3 fully saturated rings. The van der Waals surface area contributed by atoms with Crippen molar-refractivity contribution in [3.05, 3.63) is 111 Å². The first kappa shape index (κ1) is 45.0. The number of nitrogens with one attached hydrogen (secondary N) is 1. The van der Waals surface area contributed by atoms with E-state index in [4.69, 9.17) is 21.3 Å². The average molecular weight is 904 g/mol. The summed E-state index contributed by atoms with van der Waals surface area (Å²) in [5, 5.41) is 3.67. The van der Waals surface area contributed by atoms with Crippen molar-refractivity contribution in [1.82, 2.24) is 30.0 Å². The van der Waals surface area contributed by atoms with Crippen LogP contribution in [0, 0.1) is 11.8 Å². The number of amides is 4. The van der Waals surface area contributed by atoms with Crippen LogP contribution in [0.15, 0.2) is 66.9 Å². The van der Waals surface area contributed by atoms with Gasteiger partial charge in [0, 0.05) is 124 Å².